The second-order valence-electron chi connectivity index (χ2n) is 8.39. The van der Waals surface area contributed by atoms with E-state index in [1.165, 1.54) is 0 Å². The van der Waals surface area contributed by atoms with Crippen LogP contribution in [0.15, 0.2) is 41.5 Å². The summed E-state index contributed by atoms with van der Waals surface area (Å²) in [5, 5.41) is 21.3. The molecular weight excluding hydrogens is 424 g/mol. The molecule has 2 aromatic heterocycles. The summed E-state index contributed by atoms with van der Waals surface area (Å²) in [4.78, 5) is 20.9. The topological polar surface area (TPSA) is 112 Å². The van der Waals surface area contributed by atoms with Crippen LogP contribution in [0.25, 0.3) is 10.2 Å². The molecule has 32 heavy (non-hydrogen) atoms. The third-order valence-corrected chi connectivity index (χ3v) is 6.93. The zero-order valence-corrected chi connectivity index (χ0v) is 18.4. The Morgan fingerprint density at radius 3 is 2.75 bits per heavy atom. The fraction of sp³-hybridized carbons (Fsp3) is 0.391. The fourth-order valence-corrected chi connectivity index (χ4v) is 5.14. The Kier molecular flexibility index (Phi) is 6.00. The number of carbonyl (C=O) groups is 1. The molecule has 4 N–H and O–H groups in total. The van der Waals surface area contributed by atoms with Gasteiger partial charge in [0.15, 0.2) is 5.13 Å². The molecule has 0 saturated heterocycles. The molecule has 1 aromatic carbocycles. The maximum Gasteiger partial charge on any atom is 0.240 e. The number of amides is 1. The number of pyridine rings is 1. The molecule has 2 aliphatic rings. The number of anilines is 3. The van der Waals surface area contributed by atoms with Crippen LogP contribution in [-0.2, 0) is 4.79 Å². The summed E-state index contributed by atoms with van der Waals surface area (Å²) in [7, 11) is 0. The number of nitrogens with one attached hydrogen (secondary N) is 3. The Bertz CT molecular complexity index is 1140. The van der Waals surface area contributed by atoms with Crippen LogP contribution < -0.4 is 16.1 Å². The van der Waals surface area contributed by atoms with Crippen LogP contribution >= 0.6 is 11.3 Å². The minimum atomic E-state index is -0.164. The second kappa shape index (κ2) is 9.22. The van der Waals surface area contributed by atoms with Crippen molar-refractivity contribution in [3.05, 3.63) is 42.0 Å². The normalized spacial score (nSPS) is 23.5. The Morgan fingerprint density at radius 2 is 1.88 bits per heavy atom. The van der Waals surface area contributed by atoms with Crippen molar-refractivity contribution in [2.75, 3.05) is 10.6 Å². The molecule has 1 fully saturated rings. The lowest BCUT2D eigenvalue weighted by molar-refractivity contribution is -0.121. The SMILES string of the molecule is O=C1CCC(c2ccc3nc(Nc4cccc(NC5CCC(O)CC5)n4)sc3c2)C=NN1. The van der Waals surface area contributed by atoms with Crippen LogP contribution in [0, 0.1) is 0 Å². The molecule has 0 radical (unpaired) electrons. The van der Waals surface area contributed by atoms with E-state index in [1.807, 2.05) is 30.5 Å². The molecule has 9 heteroatoms. The van der Waals surface area contributed by atoms with Crippen LogP contribution in [-0.4, -0.2) is 39.3 Å². The van der Waals surface area contributed by atoms with Crippen LogP contribution in [0.5, 0.6) is 0 Å². The maximum atomic E-state index is 11.5. The molecule has 0 spiro atoms. The van der Waals surface area contributed by atoms with Gasteiger partial charge in [0.1, 0.15) is 11.6 Å². The number of hydrogen-bond acceptors (Lipinski definition) is 8. The van der Waals surface area contributed by atoms with E-state index in [2.05, 4.69) is 38.3 Å². The van der Waals surface area contributed by atoms with Crippen LogP contribution in [0.3, 0.4) is 0 Å². The van der Waals surface area contributed by atoms with E-state index in [1.54, 1.807) is 11.3 Å². The zero-order valence-electron chi connectivity index (χ0n) is 17.6. The first kappa shape index (κ1) is 20.8. The first-order valence-corrected chi connectivity index (χ1v) is 11.9. The molecule has 1 aliphatic heterocycles. The number of hydrogen-bond donors (Lipinski definition) is 4. The smallest absolute Gasteiger partial charge is 0.240 e. The van der Waals surface area contributed by atoms with Crippen LogP contribution in [0.1, 0.15) is 50.0 Å². The number of hydrazone groups is 1. The summed E-state index contributed by atoms with van der Waals surface area (Å²) in [6.45, 7) is 0. The first-order chi connectivity index (χ1) is 15.6. The molecule has 0 bridgehead atoms. The van der Waals surface area contributed by atoms with Gasteiger partial charge in [-0.25, -0.2) is 15.4 Å². The molecule has 3 heterocycles. The molecule has 1 atom stereocenters. The van der Waals surface area contributed by atoms with Crippen molar-refractivity contribution in [2.24, 2.45) is 5.10 Å². The molecule has 5 rings (SSSR count). The predicted octanol–water partition coefficient (Wildman–Crippen LogP) is 4.13. The Morgan fingerprint density at radius 1 is 1.03 bits per heavy atom. The van der Waals surface area contributed by atoms with Gasteiger partial charge in [0.25, 0.3) is 0 Å². The van der Waals surface area contributed by atoms with E-state index in [-0.39, 0.29) is 17.9 Å². The van der Waals surface area contributed by atoms with Crippen molar-refractivity contribution in [1.29, 1.82) is 0 Å². The van der Waals surface area contributed by atoms with Crippen molar-refractivity contribution in [3.63, 3.8) is 0 Å². The third-order valence-electron chi connectivity index (χ3n) is 6.00. The van der Waals surface area contributed by atoms with Gasteiger partial charge < -0.3 is 15.7 Å². The number of aromatic nitrogens is 2. The first-order valence-electron chi connectivity index (χ1n) is 11.0. The number of benzene rings is 1. The van der Waals surface area contributed by atoms with E-state index in [4.69, 9.17) is 4.98 Å². The van der Waals surface area contributed by atoms with Gasteiger partial charge in [0.2, 0.25) is 5.91 Å². The standard InChI is InChI=1S/C23H26N6O2S/c30-17-8-6-16(7-9-17)25-20-2-1-3-21(27-20)28-23-26-18-10-4-14(12-19(18)32-23)15-5-11-22(31)29-24-13-15/h1-4,10,12-13,15-17,30H,5-9,11H2,(H,29,31)(H2,25,26,27,28). The lowest BCUT2D eigenvalue weighted by atomic mass is 9.93. The molecule has 1 aliphatic carbocycles. The minimum absolute atomic E-state index is 0.0422. The van der Waals surface area contributed by atoms with Crippen molar-refractivity contribution >= 4 is 50.4 Å². The van der Waals surface area contributed by atoms with Gasteiger partial charge in [0.05, 0.1) is 16.3 Å². The highest BCUT2D eigenvalue weighted by Gasteiger charge is 2.20. The lowest BCUT2D eigenvalue weighted by Crippen LogP contribution is -2.28. The Labute approximate surface area is 190 Å². The monoisotopic (exact) mass is 450 g/mol. The van der Waals surface area contributed by atoms with Crippen molar-refractivity contribution in [2.45, 2.75) is 56.6 Å². The van der Waals surface area contributed by atoms with Crippen molar-refractivity contribution in [1.82, 2.24) is 15.4 Å². The van der Waals surface area contributed by atoms with Gasteiger partial charge in [-0.05, 0) is 61.9 Å². The minimum Gasteiger partial charge on any atom is -0.393 e. The molecule has 1 unspecified atom stereocenters. The highest BCUT2D eigenvalue weighted by Crippen LogP contribution is 2.32. The predicted molar refractivity (Wildman–Crippen MR) is 128 cm³/mol. The number of rotatable bonds is 5. The third kappa shape index (κ3) is 4.89. The maximum absolute atomic E-state index is 11.5. The average Bonchev–Trinajstić information content (AvgIpc) is 3.06. The van der Waals surface area contributed by atoms with Crippen LogP contribution in [0.4, 0.5) is 16.8 Å². The van der Waals surface area contributed by atoms with E-state index >= 15 is 0 Å². The summed E-state index contributed by atoms with van der Waals surface area (Å²) in [6.07, 6.45) is 6.44. The van der Waals surface area contributed by atoms with E-state index in [0.29, 0.717) is 12.5 Å². The largest absolute Gasteiger partial charge is 0.393 e. The summed E-state index contributed by atoms with van der Waals surface area (Å²) in [5.41, 5.74) is 4.59. The molecule has 3 aromatic rings. The fourth-order valence-electron chi connectivity index (χ4n) is 4.22. The highest BCUT2D eigenvalue weighted by molar-refractivity contribution is 7.22. The summed E-state index contributed by atoms with van der Waals surface area (Å²) < 4.78 is 1.08. The van der Waals surface area contributed by atoms with E-state index in [9.17, 15) is 9.90 Å². The molecule has 166 valence electrons. The van der Waals surface area contributed by atoms with Gasteiger partial charge in [-0.3, -0.25) is 4.79 Å². The number of nitrogens with zero attached hydrogens (tertiary/aromatic N) is 3. The summed E-state index contributed by atoms with van der Waals surface area (Å²) in [6, 6.07) is 12.4. The number of aliphatic hydroxyl groups excluding tert-OH is 1. The number of aliphatic hydroxyl groups is 1. The zero-order chi connectivity index (χ0) is 21.9. The molecule has 1 amide bonds. The highest BCUT2D eigenvalue weighted by atomic mass is 32.1. The summed E-state index contributed by atoms with van der Waals surface area (Å²) >= 11 is 1.58. The van der Waals surface area contributed by atoms with Gasteiger partial charge in [-0.1, -0.05) is 23.5 Å². The molecule has 8 nitrogen and oxygen atoms in total. The van der Waals surface area contributed by atoms with Gasteiger partial charge in [-0.15, -0.1) is 0 Å². The Balaban J connectivity index is 1.28. The van der Waals surface area contributed by atoms with Gasteiger partial charge in [-0.2, -0.15) is 5.10 Å². The number of fused-ring (bicyclic) bond motifs is 1. The van der Waals surface area contributed by atoms with Crippen molar-refractivity contribution < 1.29 is 9.90 Å². The molecular formula is C23H26N6O2S. The van der Waals surface area contributed by atoms with Crippen LogP contribution in [0.2, 0.25) is 0 Å². The van der Waals surface area contributed by atoms with E-state index < -0.39 is 0 Å². The lowest BCUT2D eigenvalue weighted by Gasteiger charge is -2.26. The number of thiazole rings is 1. The quantitative estimate of drug-likeness (QED) is 0.465. The van der Waals surface area contributed by atoms with E-state index in [0.717, 1.165) is 64.7 Å². The number of carbonyl (C=O) groups excluding carboxylic acids is 1. The average molecular weight is 451 g/mol. The Hall–Kier alpha value is -3.04. The van der Waals surface area contributed by atoms with Gasteiger partial charge >= 0.3 is 0 Å². The summed E-state index contributed by atoms with van der Waals surface area (Å²) in [5.74, 6) is 1.64. The van der Waals surface area contributed by atoms with Gasteiger partial charge in [0, 0.05) is 24.6 Å². The van der Waals surface area contributed by atoms with Crippen molar-refractivity contribution in [3.8, 4) is 0 Å². The molecule has 1 saturated carbocycles. The second-order valence-corrected chi connectivity index (χ2v) is 9.42.